The first-order chi connectivity index (χ1) is 8.66. The minimum Gasteiger partial charge on any atom is -0.398 e. The average Bonchev–Trinajstić information content (AvgIpc) is 2.30. The van der Waals surface area contributed by atoms with Gasteiger partial charge in [-0.05, 0) is 50.5 Å². The van der Waals surface area contributed by atoms with Crippen LogP contribution in [-0.2, 0) is 10.0 Å². The largest absolute Gasteiger partial charge is 0.398 e. The Hall–Kier alpha value is -1.11. The number of sulfonamides is 1. The average molecular weight is 286 g/mol. The third-order valence-corrected chi connectivity index (χ3v) is 5.08. The molecule has 19 heavy (non-hydrogen) atoms. The number of aliphatic hydroxyl groups excluding tert-OH is 1. The van der Waals surface area contributed by atoms with E-state index in [4.69, 9.17) is 5.73 Å². The van der Waals surface area contributed by atoms with E-state index >= 15 is 0 Å². The van der Waals surface area contributed by atoms with E-state index in [1.54, 1.807) is 26.0 Å². The van der Waals surface area contributed by atoms with Crippen LogP contribution in [0.5, 0.6) is 0 Å². The molecular formula is C13H22N2O3S. The van der Waals surface area contributed by atoms with Gasteiger partial charge in [0.2, 0.25) is 10.0 Å². The normalized spacial score (nSPS) is 13.8. The van der Waals surface area contributed by atoms with Crippen molar-refractivity contribution in [3.63, 3.8) is 0 Å². The zero-order chi connectivity index (χ0) is 14.8. The first kappa shape index (κ1) is 15.9. The van der Waals surface area contributed by atoms with Gasteiger partial charge in [0.25, 0.3) is 0 Å². The van der Waals surface area contributed by atoms with Gasteiger partial charge in [-0.25, -0.2) is 12.7 Å². The van der Waals surface area contributed by atoms with Crippen molar-refractivity contribution in [2.45, 2.75) is 38.2 Å². The molecule has 0 aromatic heterocycles. The fourth-order valence-corrected chi connectivity index (χ4v) is 3.30. The second-order valence-corrected chi connectivity index (χ2v) is 6.95. The molecule has 0 amide bonds. The Bertz CT molecular complexity index is 553. The molecule has 3 N–H and O–H groups in total. The van der Waals surface area contributed by atoms with Crippen LogP contribution in [0, 0.1) is 13.8 Å². The van der Waals surface area contributed by atoms with Crippen molar-refractivity contribution in [1.29, 1.82) is 0 Å². The number of hydrogen-bond acceptors (Lipinski definition) is 4. The second kappa shape index (κ2) is 5.90. The van der Waals surface area contributed by atoms with Crippen molar-refractivity contribution in [2.24, 2.45) is 0 Å². The number of hydrogen-bond donors (Lipinski definition) is 2. The molecular weight excluding hydrogens is 264 g/mol. The Balaban J connectivity index is 3.13. The number of nitrogens with two attached hydrogens (primary N) is 1. The van der Waals surface area contributed by atoms with Crippen LogP contribution in [0.4, 0.5) is 5.69 Å². The summed E-state index contributed by atoms with van der Waals surface area (Å²) in [5.74, 6) is 0. The molecule has 1 rings (SSSR count). The molecule has 0 aliphatic rings. The Morgan fingerprint density at radius 3 is 2.47 bits per heavy atom. The van der Waals surface area contributed by atoms with E-state index in [0.29, 0.717) is 17.7 Å². The lowest BCUT2D eigenvalue weighted by atomic mass is 10.1. The number of rotatable bonds is 5. The summed E-state index contributed by atoms with van der Waals surface area (Å²) in [6, 6.07) is 3.38. The van der Waals surface area contributed by atoms with E-state index in [2.05, 4.69) is 0 Å². The molecule has 1 atom stereocenters. The highest BCUT2D eigenvalue weighted by molar-refractivity contribution is 7.89. The Kier molecular flexibility index (Phi) is 4.95. The second-order valence-electron chi connectivity index (χ2n) is 4.94. The predicted molar refractivity (Wildman–Crippen MR) is 76.4 cm³/mol. The van der Waals surface area contributed by atoms with Crippen molar-refractivity contribution in [3.8, 4) is 0 Å². The topological polar surface area (TPSA) is 83.6 Å². The molecule has 1 aromatic carbocycles. The molecule has 5 nitrogen and oxygen atoms in total. The van der Waals surface area contributed by atoms with Gasteiger partial charge in [0, 0.05) is 19.3 Å². The summed E-state index contributed by atoms with van der Waals surface area (Å²) in [5.41, 5.74) is 7.67. The number of benzene rings is 1. The summed E-state index contributed by atoms with van der Waals surface area (Å²) in [6.07, 6.45) is -0.128. The lowest BCUT2D eigenvalue weighted by Crippen LogP contribution is -2.30. The highest BCUT2D eigenvalue weighted by atomic mass is 32.2. The molecule has 0 aliphatic carbocycles. The van der Waals surface area contributed by atoms with Crippen molar-refractivity contribution in [3.05, 3.63) is 23.3 Å². The van der Waals surface area contributed by atoms with Gasteiger partial charge < -0.3 is 10.8 Å². The maximum atomic E-state index is 12.5. The SMILES string of the molecule is Cc1cc(N)c(C)c(S(=O)(=O)N(C)CCC(C)O)c1. The number of aliphatic hydroxyl groups is 1. The van der Waals surface area contributed by atoms with Gasteiger partial charge in [0.05, 0.1) is 11.0 Å². The zero-order valence-electron chi connectivity index (χ0n) is 11.8. The monoisotopic (exact) mass is 286 g/mol. The summed E-state index contributed by atoms with van der Waals surface area (Å²) >= 11 is 0. The quantitative estimate of drug-likeness (QED) is 0.799. The van der Waals surface area contributed by atoms with E-state index in [9.17, 15) is 13.5 Å². The number of anilines is 1. The molecule has 1 unspecified atom stereocenters. The molecule has 0 bridgehead atoms. The molecule has 0 radical (unpaired) electrons. The van der Waals surface area contributed by atoms with Gasteiger partial charge in [-0.2, -0.15) is 0 Å². The maximum absolute atomic E-state index is 12.5. The van der Waals surface area contributed by atoms with E-state index < -0.39 is 16.1 Å². The van der Waals surface area contributed by atoms with Crippen LogP contribution in [-0.4, -0.2) is 37.5 Å². The number of aryl methyl sites for hydroxylation is 1. The van der Waals surface area contributed by atoms with Crippen molar-refractivity contribution in [2.75, 3.05) is 19.3 Å². The summed E-state index contributed by atoms with van der Waals surface area (Å²) in [4.78, 5) is 0.234. The van der Waals surface area contributed by atoms with Gasteiger partial charge in [-0.3, -0.25) is 0 Å². The standard InChI is InChI=1S/C13H22N2O3S/c1-9-7-12(14)11(3)13(8-9)19(17,18)15(4)6-5-10(2)16/h7-8,10,16H,5-6,14H2,1-4H3. The predicted octanol–water partition coefficient (Wildman–Crippen LogP) is 1.28. The third-order valence-electron chi connectivity index (χ3n) is 3.09. The fraction of sp³-hybridized carbons (Fsp3) is 0.538. The van der Waals surface area contributed by atoms with Gasteiger partial charge in [-0.1, -0.05) is 0 Å². The Morgan fingerprint density at radius 2 is 1.95 bits per heavy atom. The van der Waals surface area contributed by atoms with Gasteiger partial charge >= 0.3 is 0 Å². The van der Waals surface area contributed by atoms with Crippen LogP contribution in [0.15, 0.2) is 17.0 Å². The fourth-order valence-electron chi connectivity index (χ4n) is 1.78. The maximum Gasteiger partial charge on any atom is 0.243 e. The number of nitrogens with zero attached hydrogens (tertiary/aromatic N) is 1. The van der Waals surface area contributed by atoms with Crippen LogP contribution >= 0.6 is 0 Å². The van der Waals surface area contributed by atoms with Crippen LogP contribution in [0.2, 0.25) is 0 Å². The van der Waals surface area contributed by atoms with Gasteiger partial charge in [-0.15, -0.1) is 0 Å². The van der Waals surface area contributed by atoms with Crippen LogP contribution in [0.1, 0.15) is 24.5 Å². The molecule has 0 heterocycles. The molecule has 6 heteroatoms. The van der Waals surface area contributed by atoms with Crippen molar-refractivity contribution >= 4 is 15.7 Å². The van der Waals surface area contributed by atoms with Crippen LogP contribution in [0.25, 0.3) is 0 Å². The molecule has 1 aromatic rings. The lowest BCUT2D eigenvalue weighted by Gasteiger charge is -2.20. The van der Waals surface area contributed by atoms with Gasteiger partial charge in [0.15, 0.2) is 0 Å². The van der Waals surface area contributed by atoms with Gasteiger partial charge in [0.1, 0.15) is 0 Å². The van der Waals surface area contributed by atoms with E-state index in [1.807, 2.05) is 6.92 Å². The summed E-state index contributed by atoms with van der Waals surface area (Å²) in [7, 11) is -2.06. The first-order valence-corrected chi connectivity index (χ1v) is 7.61. The minimum atomic E-state index is -3.57. The van der Waals surface area contributed by atoms with Crippen molar-refractivity contribution < 1.29 is 13.5 Å². The molecule has 108 valence electrons. The zero-order valence-corrected chi connectivity index (χ0v) is 12.7. The molecule has 0 saturated heterocycles. The lowest BCUT2D eigenvalue weighted by molar-refractivity contribution is 0.177. The Labute approximate surface area is 115 Å². The Morgan fingerprint density at radius 1 is 1.37 bits per heavy atom. The van der Waals surface area contributed by atoms with Crippen LogP contribution in [0.3, 0.4) is 0 Å². The molecule has 0 spiro atoms. The minimum absolute atomic E-state index is 0.234. The first-order valence-electron chi connectivity index (χ1n) is 6.17. The van der Waals surface area contributed by atoms with E-state index in [0.717, 1.165) is 5.56 Å². The molecule has 0 saturated carbocycles. The van der Waals surface area contributed by atoms with Crippen molar-refractivity contribution in [1.82, 2.24) is 4.31 Å². The highest BCUT2D eigenvalue weighted by Crippen LogP contribution is 2.25. The summed E-state index contributed by atoms with van der Waals surface area (Å²) < 4.78 is 26.2. The molecule has 0 aliphatic heterocycles. The number of nitrogen functional groups attached to an aromatic ring is 1. The third kappa shape index (κ3) is 3.68. The van der Waals surface area contributed by atoms with E-state index in [1.165, 1.54) is 11.4 Å². The molecule has 0 fully saturated rings. The summed E-state index contributed by atoms with van der Waals surface area (Å²) in [5, 5.41) is 9.24. The van der Waals surface area contributed by atoms with Crippen LogP contribution < -0.4 is 5.73 Å². The smallest absolute Gasteiger partial charge is 0.243 e. The summed E-state index contributed by atoms with van der Waals surface area (Å²) in [6.45, 7) is 5.42. The van der Waals surface area contributed by atoms with E-state index in [-0.39, 0.29) is 11.4 Å². The highest BCUT2D eigenvalue weighted by Gasteiger charge is 2.24.